The van der Waals surface area contributed by atoms with Crippen LogP contribution in [0.2, 0.25) is 0 Å². The number of methoxy groups -OCH3 is 1. The van der Waals surface area contributed by atoms with Gasteiger partial charge < -0.3 is 10.1 Å². The average molecular weight is 280 g/mol. The summed E-state index contributed by atoms with van der Waals surface area (Å²) in [7, 11) is 1.77. The summed E-state index contributed by atoms with van der Waals surface area (Å²) in [6.45, 7) is 7.66. The summed E-state index contributed by atoms with van der Waals surface area (Å²) >= 11 is 1.83. The molecule has 1 heterocycles. The van der Waals surface area contributed by atoms with Crippen LogP contribution in [0.15, 0.2) is 17.0 Å². The molecular formula is C15H24N2OS. The van der Waals surface area contributed by atoms with Crippen LogP contribution < -0.4 is 10.1 Å². The fraction of sp³-hybridized carbons (Fsp3) is 0.600. The zero-order chi connectivity index (χ0) is 13.7. The van der Waals surface area contributed by atoms with E-state index >= 15 is 0 Å². The highest BCUT2D eigenvalue weighted by Gasteiger charge is 2.14. The molecule has 0 radical (unpaired) electrons. The van der Waals surface area contributed by atoms with E-state index in [4.69, 9.17) is 4.74 Å². The zero-order valence-electron chi connectivity index (χ0n) is 12.2. The first kappa shape index (κ1) is 14.7. The molecule has 1 aromatic carbocycles. The molecule has 0 spiro atoms. The predicted octanol–water partition coefficient (Wildman–Crippen LogP) is 2.38. The third-order valence-corrected chi connectivity index (χ3v) is 4.49. The number of ether oxygens (including phenoxy) is 1. The first-order valence-corrected chi connectivity index (χ1v) is 8.17. The van der Waals surface area contributed by atoms with Crippen molar-refractivity contribution in [3.8, 4) is 5.75 Å². The quantitative estimate of drug-likeness (QED) is 0.837. The SMILES string of the molecule is CCc1cc(SC)c(CN2CCNCC2)cc1OC. The summed E-state index contributed by atoms with van der Waals surface area (Å²) in [5.74, 6) is 1.03. The number of nitrogens with one attached hydrogen (secondary N) is 1. The fourth-order valence-electron chi connectivity index (χ4n) is 2.53. The molecule has 1 saturated heterocycles. The Morgan fingerprint density at radius 1 is 1.26 bits per heavy atom. The summed E-state index contributed by atoms with van der Waals surface area (Å²) in [6, 6.07) is 4.52. The van der Waals surface area contributed by atoms with Crippen LogP contribution in [-0.4, -0.2) is 44.4 Å². The lowest BCUT2D eigenvalue weighted by Gasteiger charge is -2.28. The molecule has 0 aliphatic carbocycles. The second-order valence-corrected chi connectivity index (χ2v) is 5.70. The number of benzene rings is 1. The highest BCUT2D eigenvalue weighted by atomic mass is 32.2. The summed E-state index contributed by atoms with van der Waals surface area (Å²) in [6.07, 6.45) is 3.17. The number of nitrogens with zero attached hydrogens (tertiary/aromatic N) is 1. The van der Waals surface area contributed by atoms with Crippen LogP contribution in [0.25, 0.3) is 0 Å². The van der Waals surface area contributed by atoms with Gasteiger partial charge in [0.05, 0.1) is 7.11 Å². The van der Waals surface area contributed by atoms with Gasteiger partial charge in [0.15, 0.2) is 0 Å². The minimum Gasteiger partial charge on any atom is -0.496 e. The van der Waals surface area contributed by atoms with Gasteiger partial charge in [0.25, 0.3) is 0 Å². The van der Waals surface area contributed by atoms with E-state index < -0.39 is 0 Å². The topological polar surface area (TPSA) is 24.5 Å². The van der Waals surface area contributed by atoms with Gasteiger partial charge in [0.1, 0.15) is 5.75 Å². The van der Waals surface area contributed by atoms with Gasteiger partial charge in [-0.15, -0.1) is 11.8 Å². The lowest BCUT2D eigenvalue weighted by atomic mass is 10.1. The second kappa shape index (κ2) is 7.17. The van der Waals surface area contributed by atoms with Gasteiger partial charge in [0, 0.05) is 37.6 Å². The monoisotopic (exact) mass is 280 g/mol. The minimum absolute atomic E-state index is 1.02. The van der Waals surface area contributed by atoms with Crippen LogP contribution in [0.1, 0.15) is 18.1 Å². The summed E-state index contributed by atoms with van der Waals surface area (Å²) in [4.78, 5) is 3.90. The molecular weight excluding hydrogens is 256 g/mol. The highest BCUT2D eigenvalue weighted by Crippen LogP contribution is 2.30. The Hall–Kier alpha value is -0.710. The Morgan fingerprint density at radius 3 is 2.58 bits per heavy atom. The van der Waals surface area contributed by atoms with Gasteiger partial charge in [-0.3, -0.25) is 4.90 Å². The predicted molar refractivity (Wildman–Crippen MR) is 82.3 cm³/mol. The van der Waals surface area contributed by atoms with E-state index in [1.54, 1.807) is 7.11 Å². The third-order valence-electron chi connectivity index (χ3n) is 3.67. The molecule has 19 heavy (non-hydrogen) atoms. The highest BCUT2D eigenvalue weighted by molar-refractivity contribution is 7.98. The molecule has 1 aliphatic rings. The van der Waals surface area contributed by atoms with E-state index in [9.17, 15) is 0 Å². The third kappa shape index (κ3) is 3.65. The van der Waals surface area contributed by atoms with Crippen molar-refractivity contribution in [2.45, 2.75) is 24.8 Å². The second-order valence-electron chi connectivity index (χ2n) is 4.86. The summed E-state index contributed by atoms with van der Waals surface area (Å²) < 4.78 is 5.53. The van der Waals surface area contributed by atoms with Gasteiger partial charge >= 0.3 is 0 Å². The van der Waals surface area contributed by atoms with Crippen molar-refractivity contribution in [2.75, 3.05) is 39.5 Å². The number of hydrogen-bond acceptors (Lipinski definition) is 4. The molecule has 4 heteroatoms. The van der Waals surface area contributed by atoms with Gasteiger partial charge in [-0.25, -0.2) is 0 Å². The Kier molecular flexibility index (Phi) is 5.55. The van der Waals surface area contributed by atoms with Crippen LogP contribution >= 0.6 is 11.8 Å². The maximum absolute atomic E-state index is 5.53. The van der Waals surface area contributed by atoms with E-state index in [0.717, 1.165) is 44.9 Å². The number of hydrogen-bond donors (Lipinski definition) is 1. The number of piperazine rings is 1. The van der Waals surface area contributed by atoms with Crippen LogP contribution in [0.3, 0.4) is 0 Å². The van der Waals surface area contributed by atoms with E-state index in [0.29, 0.717) is 0 Å². The molecule has 1 N–H and O–H groups in total. The van der Waals surface area contributed by atoms with Gasteiger partial charge in [-0.1, -0.05) is 6.92 Å². The first-order chi connectivity index (χ1) is 9.28. The van der Waals surface area contributed by atoms with Crippen molar-refractivity contribution in [2.24, 2.45) is 0 Å². The maximum Gasteiger partial charge on any atom is 0.122 e. The molecule has 1 aliphatic heterocycles. The Labute approximate surface area is 120 Å². The van der Waals surface area contributed by atoms with Crippen LogP contribution in [0, 0.1) is 0 Å². The van der Waals surface area contributed by atoms with E-state index in [2.05, 4.69) is 35.5 Å². The summed E-state index contributed by atoms with van der Waals surface area (Å²) in [5, 5.41) is 3.40. The lowest BCUT2D eigenvalue weighted by molar-refractivity contribution is 0.231. The maximum atomic E-state index is 5.53. The molecule has 0 saturated carbocycles. The molecule has 0 amide bonds. The normalized spacial score (nSPS) is 16.6. The first-order valence-electron chi connectivity index (χ1n) is 6.95. The van der Waals surface area contributed by atoms with Crippen molar-refractivity contribution in [3.63, 3.8) is 0 Å². The zero-order valence-corrected chi connectivity index (χ0v) is 13.0. The fourth-order valence-corrected chi connectivity index (χ4v) is 3.18. The number of thioether (sulfide) groups is 1. The molecule has 0 atom stereocenters. The number of rotatable bonds is 5. The van der Waals surface area contributed by atoms with E-state index in [1.807, 2.05) is 11.8 Å². The van der Waals surface area contributed by atoms with Crippen LogP contribution in [0.5, 0.6) is 5.75 Å². The van der Waals surface area contributed by atoms with Crippen molar-refractivity contribution in [1.29, 1.82) is 0 Å². The minimum atomic E-state index is 1.02. The Balaban J connectivity index is 2.21. The molecule has 0 aromatic heterocycles. The Morgan fingerprint density at radius 2 is 2.00 bits per heavy atom. The lowest BCUT2D eigenvalue weighted by Crippen LogP contribution is -2.42. The molecule has 1 fully saturated rings. The molecule has 0 bridgehead atoms. The largest absolute Gasteiger partial charge is 0.496 e. The van der Waals surface area contributed by atoms with Crippen LogP contribution in [0.4, 0.5) is 0 Å². The summed E-state index contributed by atoms with van der Waals surface area (Å²) in [5.41, 5.74) is 2.69. The molecule has 2 rings (SSSR count). The average Bonchev–Trinajstić information content (AvgIpc) is 2.47. The van der Waals surface area contributed by atoms with E-state index in [1.165, 1.54) is 16.0 Å². The van der Waals surface area contributed by atoms with Crippen molar-refractivity contribution in [3.05, 3.63) is 23.3 Å². The van der Waals surface area contributed by atoms with Crippen molar-refractivity contribution < 1.29 is 4.74 Å². The van der Waals surface area contributed by atoms with Crippen LogP contribution in [-0.2, 0) is 13.0 Å². The molecule has 0 unspecified atom stereocenters. The molecule has 106 valence electrons. The smallest absolute Gasteiger partial charge is 0.122 e. The van der Waals surface area contributed by atoms with Gasteiger partial charge in [-0.2, -0.15) is 0 Å². The van der Waals surface area contributed by atoms with Gasteiger partial charge in [-0.05, 0) is 35.9 Å². The van der Waals surface area contributed by atoms with E-state index in [-0.39, 0.29) is 0 Å². The number of aryl methyl sites for hydroxylation is 1. The molecule has 3 nitrogen and oxygen atoms in total. The van der Waals surface area contributed by atoms with Crippen molar-refractivity contribution in [1.82, 2.24) is 10.2 Å². The van der Waals surface area contributed by atoms with Crippen molar-refractivity contribution >= 4 is 11.8 Å². The molecule has 1 aromatic rings. The van der Waals surface area contributed by atoms with Gasteiger partial charge in [0.2, 0.25) is 0 Å². The standard InChI is InChI=1S/C15H24N2OS/c1-4-12-10-15(19-3)13(9-14(12)18-2)11-17-7-5-16-6-8-17/h9-10,16H,4-8,11H2,1-3H3. The Bertz CT molecular complexity index is 417.